The number of benzene rings is 1. The third kappa shape index (κ3) is 3.37. The maximum Gasteiger partial charge on any atom is 0.261 e. The van der Waals surface area contributed by atoms with Gasteiger partial charge in [0.05, 0.1) is 21.8 Å². The van der Waals surface area contributed by atoms with E-state index in [0.29, 0.717) is 16.2 Å². The number of thiophene rings is 1. The van der Waals surface area contributed by atoms with Crippen LogP contribution in [0.15, 0.2) is 34.1 Å². The van der Waals surface area contributed by atoms with Gasteiger partial charge >= 0.3 is 0 Å². The Morgan fingerprint density at radius 3 is 2.75 bits per heavy atom. The molecule has 1 amide bonds. The standard InChI is InChI=1S/C14H13BrFNO2S/c1-8(10-7-9(16)3-4-11(10)19-2)17-14(18)12-5-6-13(15)20-12/h3-8H,1-2H3,(H,17,18). The van der Waals surface area contributed by atoms with Crippen molar-refractivity contribution in [2.75, 3.05) is 7.11 Å². The van der Waals surface area contributed by atoms with E-state index in [1.165, 1.54) is 30.6 Å². The van der Waals surface area contributed by atoms with Gasteiger partial charge < -0.3 is 10.1 Å². The number of rotatable bonds is 4. The Kier molecular flexibility index (Phi) is 4.77. The fourth-order valence-corrected chi connectivity index (χ4v) is 3.11. The summed E-state index contributed by atoms with van der Waals surface area (Å²) in [4.78, 5) is 12.7. The molecule has 6 heteroatoms. The summed E-state index contributed by atoms with van der Waals surface area (Å²) in [6, 6.07) is 7.44. The zero-order valence-corrected chi connectivity index (χ0v) is 13.3. The van der Waals surface area contributed by atoms with Gasteiger partial charge in [0.2, 0.25) is 0 Å². The number of hydrogen-bond acceptors (Lipinski definition) is 3. The third-order valence-corrected chi connectivity index (χ3v) is 4.43. The molecule has 1 heterocycles. The molecule has 0 bridgehead atoms. The molecule has 0 radical (unpaired) electrons. The summed E-state index contributed by atoms with van der Waals surface area (Å²) in [5.74, 6) is -0.00755. The Hall–Kier alpha value is -1.40. The van der Waals surface area contributed by atoms with E-state index in [1.54, 1.807) is 19.1 Å². The lowest BCUT2D eigenvalue weighted by atomic mass is 10.1. The number of methoxy groups -OCH3 is 1. The number of halogens is 2. The number of amides is 1. The van der Waals surface area contributed by atoms with Gasteiger partial charge in [-0.1, -0.05) is 0 Å². The van der Waals surface area contributed by atoms with Crippen LogP contribution < -0.4 is 10.1 Å². The van der Waals surface area contributed by atoms with Crippen LogP contribution in [-0.2, 0) is 0 Å². The Morgan fingerprint density at radius 2 is 2.15 bits per heavy atom. The van der Waals surface area contributed by atoms with Gasteiger partial charge in [-0.05, 0) is 53.2 Å². The highest BCUT2D eigenvalue weighted by Gasteiger charge is 2.17. The molecule has 1 unspecified atom stereocenters. The Morgan fingerprint density at radius 1 is 1.40 bits per heavy atom. The first kappa shape index (κ1) is 15.0. The summed E-state index contributed by atoms with van der Waals surface area (Å²) in [6.07, 6.45) is 0. The minimum Gasteiger partial charge on any atom is -0.496 e. The minimum atomic E-state index is -0.360. The van der Waals surface area contributed by atoms with E-state index in [1.807, 2.05) is 6.07 Å². The van der Waals surface area contributed by atoms with Crippen LogP contribution in [0, 0.1) is 5.82 Å². The van der Waals surface area contributed by atoms with Gasteiger partial charge in [0.25, 0.3) is 5.91 Å². The van der Waals surface area contributed by atoms with Crippen LogP contribution >= 0.6 is 27.3 Å². The molecular formula is C14H13BrFNO2S. The lowest BCUT2D eigenvalue weighted by Crippen LogP contribution is -2.26. The van der Waals surface area contributed by atoms with Crippen molar-refractivity contribution in [1.29, 1.82) is 0 Å². The maximum absolute atomic E-state index is 13.3. The van der Waals surface area contributed by atoms with E-state index in [0.717, 1.165) is 3.79 Å². The quantitative estimate of drug-likeness (QED) is 0.892. The summed E-state index contributed by atoms with van der Waals surface area (Å²) in [5, 5.41) is 2.83. The summed E-state index contributed by atoms with van der Waals surface area (Å²) in [6.45, 7) is 1.79. The summed E-state index contributed by atoms with van der Waals surface area (Å²) in [7, 11) is 1.52. The fourth-order valence-electron chi connectivity index (χ4n) is 1.83. The van der Waals surface area contributed by atoms with Gasteiger partial charge in [-0.25, -0.2) is 4.39 Å². The van der Waals surface area contributed by atoms with E-state index in [2.05, 4.69) is 21.2 Å². The van der Waals surface area contributed by atoms with Crippen molar-refractivity contribution in [3.05, 3.63) is 50.4 Å². The normalized spacial score (nSPS) is 12.0. The van der Waals surface area contributed by atoms with E-state index < -0.39 is 0 Å². The van der Waals surface area contributed by atoms with Crippen molar-refractivity contribution >= 4 is 33.2 Å². The van der Waals surface area contributed by atoms with E-state index in [9.17, 15) is 9.18 Å². The first-order valence-electron chi connectivity index (χ1n) is 5.91. The molecule has 0 saturated heterocycles. The van der Waals surface area contributed by atoms with E-state index >= 15 is 0 Å². The Bertz CT molecular complexity index is 629. The summed E-state index contributed by atoms with van der Waals surface area (Å²) >= 11 is 4.66. The number of nitrogens with one attached hydrogen (secondary N) is 1. The lowest BCUT2D eigenvalue weighted by Gasteiger charge is -2.17. The number of carbonyl (C=O) groups excluding carboxylic acids is 1. The molecule has 0 saturated carbocycles. The zero-order valence-electron chi connectivity index (χ0n) is 10.9. The topological polar surface area (TPSA) is 38.3 Å². The third-order valence-electron chi connectivity index (χ3n) is 2.80. The molecular weight excluding hydrogens is 345 g/mol. The molecule has 1 atom stereocenters. The molecule has 1 N–H and O–H groups in total. The molecule has 0 aliphatic rings. The largest absolute Gasteiger partial charge is 0.496 e. The second-order valence-corrected chi connectivity index (χ2v) is 6.65. The highest BCUT2D eigenvalue weighted by molar-refractivity contribution is 9.11. The van der Waals surface area contributed by atoms with Crippen molar-refractivity contribution in [3.63, 3.8) is 0 Å². The highest BCUT2D eigenvalue weighted by Crippen LogP contribution is 2.27. The summed E-state index contributed by atoms with van der Waals surface area (Å²) in [5.41, 5.74) is 0.608. The van der Waals surface area contributed by atoms with Gasteiger partial charge in [0.1, 0.15) is 11.6 Å². The molecule has 0 aliphatic heterocycles. The Labute approximate surface area is 128 Å². The number of carbonyl (C=O) groups is 1. The molecule has 106 valence electrons. The number of hydrogen-bond donors (Lipinski definition) is 1. The molecule has 2 aromatic rings. The minimum absolute atomic E-state index is 0.195. The molecule has 0 aliphatic carbocycles. The predicted octanol–water partition coefficient (Wildman–Crippen LogP) is 4.15. The first-order chi connectivity index (χ1) is 9.51. The molecule has 1 aromatic carbocycles. The van der Waals surface area contributed by atoms with Gasteiger partial charge in [-0.3, -0.25) is 4.79 Å². The average Bonchev–Trinajstić information content (AvgIpc) is 2.85. The highest BCUT2D eigenvalue weighted by atomic mass is 79.9. The van der Waals surface area contributed by atoms with Crippen molar-refractivity contribution in [3.8, 4) is 5.75 Å². The van der Waals surface area contributed by atoms with Crippen LogP contribution in [0.25, 0.3) is 0 Å². The molecule has 3 nitrogen and oxygen atoms in total. The van der Waals surface area contributed by atoms with Crippen molar-refractivity contribution in [2.24, 2.45) is 0 Å². The summed E-state index contributed by atoms with van der Waals surface area (Å²) < 4.78 is 19.4. The van der Waals surface area contributed by atoms with E-state index in [4.69, 9.17) is 4.74 Å². The monoisotopic (exact) mass is 357 g/mol. The molecule has 20 heavy (non-hydrogen) atoms. The molecule has 2 rings (SSSR count). The number of ether oxygens (including phenoxy) is 1. The van der Waals surface area contributed by atoms with Crippen LogP contribution in [0.3, 0.4) is 0 Å². The van der Waals surface area contributed by atoms with Crippen molar-refractivity contribution in [2.45, 2.75) is 13.0 Å². The maximum atomic E-state index is 13.3. The molecule has 0 spiro atoms. The predicted molar refractivity (Wildman–Crippen MR) is 80.9 cm³/mol. The van der Waals surface area contributed by atoms with Crippen molar-refractivity contribution in [1.82, 2.24) is 5.32 Å². The van der Waals surface area contributed by atoms with Crippen LogP contribution in [0.2, 0.25) is 0 Å². The van der Waals surface area contributed by atoms with Crippen LogP contribution in [-0.4, -0.2) is 13.0 Å². The second-order valence-electron chi connectivity index (χ2n) is 4.19. The zero-order chi connectivity index (χ0) is 14.7. The van der Waals surface area contributed by atoms with Gasteiger partial charge in [-0.2, -0.15) is 0 Å². The average molecular weight is 358 g/mol. The van der Waals surface area contributed by atoms with Gasteiger partial charge in [0, 0.05) is 5.56 Å². The lowest BCUT2D eigenvalue weighted by molar-refractivity contribution is 0.0943. The van der Waals surface area contributed by atoms with Gasteiger partial charge in [-0.15, -0.1) is 11.3 Å². The Balaban J connectivity index is 2.17. The first-order valence-corrected chi connectivity index (χ1v) is 7.52. The smallest absolute Gasteiger partial charge is 0.261 e. The van der Waals surface area contributed by atoms with E-state index in [-0.39, 0.29) is 17.8 Å². The molecule has 0 fully saturated rings. The fraction of sp³-hybridized carbons (Fsp3) is 0.214. The van der Waals surface area contributed by atoms with Crippen LogP contribution in [0.1, 0.15) is 28.2 Å². The molecule has 1 aromatic heterocycles. The van der Waals surface area contributed by atoms with Crippen LogP contribution in [0.4, 0.5) is 4.39 Å². The second kappa shape index (κ2) is 6.37. The van der Waals surface area contributed by atoms with Crippen LogP contribution in [0.5, 0.6) is 5.75 Å². The van der Waals surface area contributed by atoms with Crippen molar-refractivity contribution < 1.29 is 13.9 Å². The SMILES string of the molecule is COc1ccc(F)cc1C(C)NC(=O)c1ccc(Br)s1. The van der Waals surface area contributed by atoms with Gasteiger partial charge in [0.15, 0.2) is 0 Å².